The molecule has 11 nitrogen and oxygen atoms in total. The van der Waals surface area contributed by atoms with Crippen molar-refractivity contribution in [2.24, 2.45) is 28.9 Å². The number of primary amides is 1. The number of hydrogen-bond donors (Lipinski definition) is 5. The van der Waals surface area contributed by atoms with Crippen LogP contribution in [0.25, 0.3) is 0 Å². The number of rotatable bonds is 12. The van der Waals surface area contributed by atoms with Crippen molar-refractivity contribution in [1.29, 1.82) is 0 Å². The predicted octanol–water partition coefficient (Wildman–Crippen LogP) is 3.35. The summed E-state index contributed by atoms with van der Waals surface area (Å²) in [5.74, 6) is -2.38. The average Bonchev–Trinajstić information content (AvgIpc) is 3.71. The van der Waals surface area contributed by atoms with Crippen LogP contribution in [0.1, 0.15) is 104 Å². The molecule has 3 aliphatic rings. The largest absolute Gasteiger partial charge is 0.386 e. The second-order valence-electron chi connectivity index (χ2n) is 15.1. The number of nitrogens with two attached hydrogens (primary N) is 1. The van der Waals surface area contributed by atoms with Crippen LogP contribution in [0, 0.1) is 23.2 Å². The van der Waals surface area contributed by atoms with Gasteiger partial charge in [-0.15, -0.1) is 0 Å². The van der Waals surface area contributed by atoms with Gasteiger partial charge in [0.05, 0.1) is 11.6 Å². The van der Waals surface area contributed by atoms with Crippen LogP contribution in [0.2, 0.25) is 0 Å². The lowest BCUT2D eigenvalue weighted by Crippen LogP contribution is -2.63. The highest BCUT2D eigenvalue weighted by molar-refractivity contribution is 6.37. The summed E-state index contributed by atoms with van der Waals surface area (Å²) >= 11 is 0. The molecule has 1 aromatic rings. The fraction of sp³-hybridized carbons (Fsp3) is 0.686. The molecule has 11 heteroatoms. The minimum absolute atomic E-state index is 0.0226. The summed E-state index contributed by atoms with van der Waals surface area (Å²) in [7, 11) is 0. The first-order valence-electron chi connectivity index (χ1n) is 16.9. The van der Waals surface area contributed by atoms with E-state index in [0.717, 1.165) is 32.1 Å². The Kier molecular flexibility index (Phi) is 11.2. The van der Waals surface area contributed by atoms with Crippen molar-refractivity contribution in [2.75, 3.05) is 6.54 Å². The maximum Gasteiger partial charge on any atom is 0.315 e. The number of ketones is 1. The number of aliphatic hydroxyl groups is 1. The van der Waals surface area contributed by atoms with Gasteiger partial charge >= 0.3 is 6.03 Å². The number of aliphatic hydroxyl groups excluding tert-OH is 1. The zero-order valence-electron chi connectivity index (χ0n) is 28.0. The molecular formula is C35H53N5O6. The molecule has 1 aromatic carbocycles. The van der Waals surface area contributed by atoms with Gasteiger partial charge in [0.25, 0.3) is 5.91 Å². The Hall–Kier alpha value is -3.47. The number of carbonyl (C=O) groups is 5. The molecule has 1 heterocycles. The first-order valence-corrected chi connectivity index (χ1v) is 16.9. The van der Waals surface area contributed by atoms with Gasteiger partial charge in [0.2, 0.25) is 17.6 Å². The molecule has 0 spiro atoms. The van der Waals surface area contributed by atoms with Crippen molar-refractivity contribution in [3.8, 4) is 0 Å². The summed E-state index contributed by atoms with van der Waals surface area (Å²) in [4.78, 5) is 67.7. The third kappa shape index (κ3) is 8.46. The molecule has 2 aliphatic carbocycles. The van der Waals surface area contributed by atoms with E-state index < -0.39 is 64.7 Å². The van der Waals surface area contributed by atoms with Crippen molar-refractivity contribution in [2.45, 2.75) is 122 Å². The number of nitrogens with one attached hydrogen (secondary N) is 3. The molecule has 1 aliphatic heterocycles. The van der Waals surface area contributed by atoms with Gasteiger partial charge in [0, 0.05) is 6.54 Å². The van der Waals surface area contributed by atoms with Crippen molar-refractivity contribution in [3.63, 3.8) is 0 Å². The zero-order chi connectivity index (χ0) is 33.8. The molecular weight excluding hydrogens is 586 g/mol. The number of carbonyl (C=O) groups excluding carboxylic acids is 5. The average molecular weight is 640 g/mol. The lowest BCUT2D eigenvalue weighted by atomic mass is 9.75. The lowest BCUT2D eigenvalue weighted by Gasteiger charge is -2.43. The van der Waals surface area contributed by atoms with Crippen LogP contribution in [0.5, 0.6) is 0 Å². The van der Waals surface area contributed by atoms with Crippen molar-refractivity contribution >= 4 is 29.5 Å². The van der Waals surface area contributed by atoms with E-state index in [9.17, 15) is 29.1 Å². The summed E-state index contributed by atoms with van der Waals surface area (Å²) < 4.78 is 0. The van der Waals surface area contributed by atoms with Crippen LogP contribution in [-0.2, 0) is 19.2 Å². The summed E-state index contributed by atoms with van der Waals surface area (Å²) in [6.45, 7) is 9.95. The molecule has 6 N–H and O–H groups in total. The quantitative estimate of drug-likeness (QED) is 0.220. The molecule has 5 amide bonds. The normalized spacial score (nSPS) is 23.2. The minimum atomic E-state index is -1.10. The number of hydrogen-bond acceptors (Lipinski definition) is 6. The topological polar surface area (TPSA) is 171 Å². The smallest absolute Gasteiger partial charge is 0.315 e. The number of urea groups is 1. The van der Waals surface area contributed by atoms with Crippen LogP contribution in [0.3, 0.4) is 0 Å². The second kappa shape index (κ2) is 14.5. The van der Waals surface area contributed by atoms with E-state index >= 15 is 0 Å². The Morgan fingerprint density at radius 1 is 1.00 bits per heavy atom. The Labute approximate surface area is 272 Å². The van der Waals surface area contributed by atoms with Crippen LogP contribution < -0.4 is 21.7 Å². The van der Waals surface area contributed by atoms with E-state index in [-0.39, 0.29) is 17.8 Å². The Morgan fingerprint density at radius 3 is 2.17 bits per heavy atom. The minimum Gasteiger partial charge on any atom is -0.386 e. The molecule has 4 unspecified atom stereocenters. The van der Waals surface area contributed by atoms with Gasteiger partial charge < -0.3 is 31.7 Å². The van der Waals surface area contributed by atoms with Gasteiger partial charge in [-0.1, -0.05) is 97.1 Å². The summed E-state index contributed by atoms with van der Waals surface area (Å²) in [5, 5.41) is 20.2. The highest BCUT2D eigenvalue weighted by Crippen LogP contribution is 2.39. The van der Waals surface area contributed by atoms with E-state index in [4.69, 9.17) is 5.73 Å². The van der Waals surface area contributed by atoms with Crippen LogP contribution in [0.4, 0.5) is 4.79 Å². The summed E-state index contributed by atoms with van der Waals surface area (Å²) in [6.07, 6.45) is 5.57. The zero-order valence-corrected chi connectivity index (χ0v) is 28.0. The molecule has 2 saturated carbocycles. The first kappa shape index (κ1) is 35.4. The van der Waals surface area contributed by atoms with Gasteiger partial charge in [-0.2, -0.15) is 0 Å². The predicted molar refractivity (Wildman–Crippen MR) is 174 cm³/mol. The second-order valence-corrected chi connectivity index (χ2v) is 15.1. The Morgan fingerprint density at radius 2 is 1.63 bits per heavy atom. The van der Waals surface area contributed by atoms with Crippen molar-refractivity contribution in [3.05, 3.63) is 35.9 Å². The SMILES string of the molecule is CC(C)[C@@H]1CC(C(=O)NC(CC2CC2)C(=O)C(N)=O)N(C(=O)C(NC(=O)NC2(C(O)c3ccccc3)CCCCC2)C(C)(C)C)C1. The maximum atomic E-state index is 14.4. The van der Waals surface area contributed by atoms with Gasteiger partial charge in [0.15, 0.2) is 0 Å². The van der Waals surface area contributed by atoms with E-state index in [0.29, 0.717) is 37.8 Å². The molecule has 0 bridgehead atoms. The number of nitrogens with zero attached hydrogens (tertiary/aromatic N) is 1. The Balaban J connectivity index is 1.55. The van der Waals surface area contributed by atoms with Crippen LogP contribution in [0.15, 0.2) is 30.3 Å². The van der Waals surface area contributed by atoms with Gasteiger partial charge in [-0.05, 0) is 54.4 Å². The van der Waals surface area contributed by atoms with E-state index in [1.54, 1.807) is 0 Å². The standard InChI is InChI=1S/C35H53N5O6/c1-21(2)24-19-26(31(44)37-25(18-22-14-15-22)27(41)30(36)43)40(20-24)32(45)28(34(3,4)5)38-33(46)39-35(16-10-7-11-17-35)29(42)23-12-8-6-9-13-23/h6,8-9,12-13,21-22,24-26,28-29,42H,7,10-11,14-20H2,1-5H3,(H2,36,43)(H,37,44)(H2,38,39,46)/t24-,25?,26?,28?,29?/m1/s1. The van der Waals surface area contributed by atoms with E-state index in [1.165, 1.54) is 4.90 Å². The highest BCUT2D eigenvalue weighted by atomic mass is 16.3. The Bertz CT molecular complexity index is 1270. The highest BCUT2D eigenvalue weighted by Gasteiger charge is 2.47. The van der Waals surface area contributed by atoms with Crippen molar-refractivity contribution in [1.82, 2.24) is 20.9 Å². The molecule has 4 rings (SSSR count). The van der Waals surface area contributed by atoms with Gasteiger partial charge in [-0.3, -0.25) is 19.2 Å². The molecule has 0 radical (unpaired) electrons. The third-order valence-corrected chi connectivity index (χ3v) is 10.1. The number of Topliss-reactive ketones (excluding diaryl/α,β-unsaturated/α-hetero) is 1. The molecule has 0 aromatic heterocycles. The van der Waals surface area contributed by atoms with Crippen LogP contribution >= 0.6 is 0 Å². The maximum absolute atomic E-state index is 14.4. The summed E-state index contributed by atoms with van der Waals surface area (Å²) in [5.41, 5.74) is 4.40. The number of benzene rings is 1. The number of amides is 5. The third-order valence-electron chi connectivity index (χ3n) is 10.1. The molecule has 46 heavy (non-hydrogen) atoms. The lowest BCUT2D eigenvalue weighted by molar-refractivity contribution is -0.143. The fourth-order valence-electron chi connectivity index (χ4n) is 7.01. The van der Waals surface area contributed by atoms with Gasteiger partial charge in [0.1, 0.15) is 18.2 Å². The van der Waals surface area contributed by atoms with Crippen molar-refractivity contribution < 1.29 is 29.1 Å². The summed E-state index contributed by atoms with van der Waals surface area (Å²) in [6, 6.07) is 5.83. The molecule has 1 saturated heterocycles. The van der Waals surface area contributed by atoms with Gasteiger partial charge in [-0.25, -0.2) is 4.79 Å². The monoisotopic (exact) mass is 639 g/mol. The molecule has 5 atom stereocenters. The fourth-order valence-corrected chi connectivity index (χ4v) is 7.01. The van der Waals surface area contributed by atoms with Crippen LogP contribution in [-0.4, -0.2) is 69.8 Å². The van der Waals surface area contributed by atoms with E-state index in [1.807, 2.05) is 65.0 Å². The van der Waals surface area contributed by atoms with E-state index in [2.05, 4.69) is 16.0 Å². The number of likely N-dealkylation sites (tertiary alicyclic amines) is 1. The first-order chi connectivity index (χ1) is 21.6. The molecule has 254 valence electrons. The molecule has 3 fully saturated rings.